The molecule has 1 saturated carbocycles. The molecule has 2 N–H and O–H groups in total. The molecule has 3 heteroatoms. The first kappa shape index (κ1) is 11.8. The Labute approximate surface area is 106 Å². The predicted octanol–water partition coefficient (Wildman–Crippen LogP) is 3.66. The zero-order valence-electron chi connectivity index (χ0n) is 9.91. The van der Waals surface area contributed by atoms with Gasteiger partial charge in [0, 0.05) is 17.1 Å². The van der Waals surface area contributed by atoms with Gasteiger partial charge in [-0.15, -0.1) is 0 Å². The van der Waals surface area contributed by atoms with E-state index >= 15 is 0 Å². The van der Waals surface area contributed by atoms with E-state index in [1.54, 1.807) is 0 Å². The molecule has 0 bridgehead atoms. The number of nitrogens with zero attached hydrogens (tertiary/aromatic N) is 1. The van der Waals surface area contributed by atoms with Crippen molar-refractivity contribution in [2.24, 2.45) is 5.92 Å². The van der Waals surface area contributed by atoms with Crippen molar-refractivity contribution in [3.05, 3.63) is 22.7 Å². The second-order valence-corrected chi connectivity index (χ2v) is 5.90. The van der Waals surface area contributed by atoms with Crippen LogP contribution in [-0.4, -0.2) is 12.6 Å². The maximum Gasteiger partial charge on any atom is 0.0603 e. The molecule has 0 atom stereocenters. The summed E-state index contributed by atoms with van der Waals surface area (Å²) in [5.74, 6) is 0.670. The fraction of sp³-hybridized carbons (Fsp3) is 0.538. The van der Waals surface area contributed by atoms with Gasteiger partial charge in [-0.1, -0.05) is 29.8 Å². The van der Waals surface area contributed by atoms with Crippen LogP contribution >= 0.6 is 15.9 Å². The van der Waals surface area contributed by atoms with Crippen LogP contribution in [0.5, 0.6) is 0 Å². The van der Waals surface area contributed by atoms with Crippen LogP contribution < -0.4 is 10.6 Å². The van der Waals surface area contributed by atoms with Crippen LogP contribution in [0.2, 0.25) is 0 Å². The molecule has 0 spiro atoms. The first-order valence-corrected chi connectivity index (χ1v) is 6.69. The molecule has 1 aromatic rings. The molecule has 88 valence electrons. The Hall–Kier alpha value is -0.700. The van der Waals surface area contributed by atoms with Crippen molar-refractivity contribution in [2.45, 2.75) is 32.7 Å². The Bertz CT molecular complexity index is 372. The highest BCUT2D eigenvalue weighted by Gasteiger charge is 2.30. The van der Waals surface area contributed by atoms with Gasteiger partial charge >= 0.3 is 0 Å². The highest BCUT2D eigenvalue weighted by atomic mass is 79.9. The normalized spacial score (nSPS) is 15.5. The Kier molecular flexibility index (Phi) is 3.43. The van der Waals surface area contributed by atoms with Crippen molar-refractivity contribution in [1.29, 1.82) is 0 Å². The minimum absolute atomic E-state index is 0.670. The number of nitrogen functional groups attached to an aromatic ring is 1. The molecule has 0 amide bonds. The van der Waals surface area contributed by atoms with Crippen molar-refractivity contribution >= 4 is 27.3 Å². The monoisotopic (exact) mass is 282 g/mol. The Balaban J connectivity index is 2.24. The molecule has 2 nitrogen and oxygen atoms in total. The minimum Gasteiger partial charge on any atom is -0.397 e. The number of anilines is 2. The third-order valence-corrected chi connectivity index (χ3v) is 3.34. The van der Waals surface area contributed by atoms with Crippen molar-refractivity contribution in [3.8, 4) is 0 Å². The third-order valence-electron chi connectivity index (χ3n) is 2.85. The number of hydrogen-bond donors (Lipinski definition) is 1. The third kappa shape index (κ3) is 2.70. The summed E-state index contributed by atoms with van der Waals surface area (Å²) >= 11 is 3.45. The molecule has 1 aromatic carbocycles. The summed E-state index contributed by atoms with van der Waals surface area (Å²) in [5, 5.41) is 0. The molecule has 16 heavy (non-hydrogen) atoms. The zero-order chi connectivity index (χ0) is 11.7. The van der Waals surface area contributed by atoms with Gasteiger partial charge in [-0.3, -0.25) is 0 Å². The minimum atomic E-state index is 0.670. The quantitative estimate of drug-likeness (QED) is 0.854. The van der Waals surface area contributed by atoms with E-state index in [2.05, 4.69) is 46.8 Å². The van der Waals surface area contributed by atoms with Crippen molar-refractivity contribution in [1.82, 2.24) is 0 Å². The first-order chi connectivity index (χ1) is 7.58. The molecule has 1 fully saturated rings. The lowest BCUT2D eigenvalue weighted by molar-refractivity contribution is 0.608. The van der Waals surface area contributed by atoms with E-state index < -0.39 is 0 Å². The second kappa shape index (κ2) is 4.66. The molecule has 0 radical (unpaired) electrons. The summed E-state index contributed by atoms with van der Waals surface area (Å²) < 4.78 is 1.05. The predicted molar refractivity (Wildman–Crippen MR) is 73.8 cm³/mol. The van der Waals surface area contributed by atoms with Crippen LogP contribution in [0.15, 0.2) is 22.7 Å². The number of nitrogens with two attached hydrogens (primary N) is 1. The highest BCUT2D eigenvalue weighted by Crippen LogP contribution is 2.36. The van der Waals surface area contributed by atoms with Crippen LogP contribution in [0.25, 0.3) is 0 Å². The number of rotatable bonds is 4. The Morgan fingerprint density at radius 3 is 2.62 bits per heavy atom. The van der Waals surface area contributed by atoms with Gasteiger partial charge in [-0.05, 0) is 37.0 Å². The van der Waals surface area contributed by atoms with Crippen molar-refractivity contribution in [2.75, 3.05) is 17.2 Å². The molecular formula is C13H19BrN2. The van der Waals surface area contributed by atoms with Crippen molar-refractivity contribution in [3.63, 3.8) is 0 Å². The fourth-order valence-electron chi connectivity index (χ4n) is 2.01. The van der Waals surface area contributed by atoms with E-state index in [-0.39, 0.29) is 0 Å². The van der Waals surface area contributed by atoms with Gasteiger partial charge in [0.25, 0.3) is 0 Å². The van der Waals surface area contributed by atoms with E-state index in [9.17, 15) is 0 Å². The van der Waals surface area contributed by atoms with Gasteiger partial charge in [0.1, 0.15) is 0 Å². The van der Waals surface area contributed by atoms with Gasteiger partial charge in [0.15, 0.2) is 0 Å². The molecule has 0 unspecified atom stereocenters. The highest BCUT2D eigenvalue weighted by molar-refractivity contribution is 9.10. The summed E-state index contributed by atoms with van der Waals surface area (Å²) in [4.78, 5) is 2.46. The molecule has 1 aliphatic carbocycles. The lowest BCUT2D eigenvalue weighted by Crippen LogP contribution is -2.30. The van der Waals surface area contributed by atoms with Crippen LogP contribution in [0.4, 0.5) is 11.4 Å². The van der Waals surface area contributed by atoms with Crippen LogP contribution in [-0.2, 0) is 0 Å². The lowest BCUT2D eigenvalue weighted by atomic mass is 10.1. The van der Waals surface area contributed by atoms with Gasteiger partial charge in [0.2, 0.25) is 0 Å². The van der Waals surface area contributed by atoms with Gasteiger partial charge in [-0.2, -0.15) is 0 Å². The largest absolute Gasteiger partial charge is 0.397 e. The molecule has 2 rings (SSSR count). The van der Waals surface area contributed by atoms with Gasteiger partial charge in [0.05, 0.1) is 11.4 Å². The smallest absolute Gasteiger partial charge is 0.0603 e. The molecule has 0 saturated heterocycles. The average molecular weight is 283 g/mol. The Morgan fingerprint density at radius 1 is 1.44 bits per heavy atom. The second-order valence-electron chi connectivity index (χ2n) is 4.98. The van der Waals surface area contributed by atoms with Crippen LogP contribution in [0, 0.1) is 5.92 Å². The van der Waals surface area contributed by atoms with E-state index in [4.69, 9.17) is 5.73 Å². The maximum absolute atomic E-state index is 6.09. The molecule has 0 heterocycles. The zero-order valence-corrected chi connectivity index (χ0v) is 11.5. The summed E-state index contributed by atoms with van der Waals surface area (Å²) in [6.07, 6.45) is 2.62. The van der Waals surface area contributed by atoms with Gasteiger partial charge in [-0.25, -0.2) is 0 Å². The summed E-state index contributed by atoms with van der Waals surface area (Å²) in [5.41, 5.74) is 8.16. The first-order valence-electron chi connectivity index (χ1n) is 5.89. The molecular weight excluding hydrogens is 264 g/mol. The number of hydrogen-bond acceptors (Lipinski definition) is 2. The maximum atomic E-state index is 6.09. The molecule has 1 aliphatic rings. The standard InChI is InChI=1S/C13H19BrN2/c1-9(2)8-16(11-4-5-11)13-6-3-10(14)7-12(13)15/h3,6-7,9,11H,4-5,8,15H2,1-2H3. The fourth-order valence-corrected chi connectivity index (χ4v) is 2.39. The molecule has 0 aliphatic heterocycles. The summed E-state index contributed by atoms with van der Waals surface area (Å²) in [6.45, 7) is 5.60. The van der Waals surface area contributed by atoms with Crippen LogP contribution in [0.1, 0.15) is 26.7 Å². The van der Waals surface area contributed by atoms with E-state index in [1.807, 2.05) is 6.07 Å². The van der Waals surface area contributed by atoms with Gasteiger partial charge < -0.3 is 10.6 Å². The summed E-state index contributed by atoms with van der Waals surface area (Å²) in [6, 6.07) is 6.90. The Morgan fingerprint density at radius 2 is 2.12 bits per heavy atom. The van der Waals surface area contributed by atoms with Crippen LogP contribution in [0.3, 0.4) is 0 Å². The topological polar surface area (TPSA) is 29.3 Å². The SMILES string of the molecule is CC(C)CN(c1ccc(Br)cc1N)C1CC1. The number of benzene rings is 1. The van der Waals surface area contributed by atoms with Crippen molar-refractivity contribution < 1.29 is 0 Å². The van der Waals surface area contributed by atoms with E-state index in [1.165, 1.54) is 18.5 Å². The summed E-state index contributed by atoms with van der Waals surface area (Å²) in [7, 11) is 0. The van der Waals surface area contributed by atoms with E-state index in [0.717, 1.165) is 16.7 Å². The molecule has 0 aromatic heterocycles. The van der Waals surface area contributed by atoms with E-state index in [0.29, 0.717) is 12.0 Å². The number of halogens is 1. The average Bonchev–Trinajstić information content (AvgIpc) is 2.97. The lowest BCUT2D eigenvalue weighted by Gasteiger charge is -2.28.